The third-order valence-electron chi connectivity index (χ3n) is 7.14. The number of benzene rings is 3. The fourth-order valence-electron chi connectivity index (χ4n) is 5.10. The summed E-state index contributed by atoms with van der Waals surface area (Å²) in [5.41, 5.74) is 3.08. The van der Waals surface area contributed by atoms with Gasteiger partial charge in [0.05, 0.1) is 11.9 Å². The average Bonchev–Trinajstić information content (AvgIpc) is 3.42. The minimum Gasteiger partial charge on any atom is -0.352 e. The highest BCUT2D eigenvalue weighted by Gasteiger charge is 2.34. The number of aryl methyl sites for hydroxylation is 1. The maximum absolute atomic E-state index is 14.1. The van der Waals surface area contributed by atoms with Gasteiger partial charge in [0, 0.05) is 19.0 Å². The second-order valence-electron chi connectivity index (χ2n) is 10.3. The van der Waals surface area contributed by atoms with E-state index in [0.717, 1.165) is 52.9 Å². The van der Waals surface area contributed by atoms with Crippen LogP contribution in [-0.2, 0) is 32.6 Å². The van der Waals surface area contributed by atoms with Gasteiger partial charge in [0.15, 0.2) is 0 Å². The summed E-state index contributed by atoms with van der Waals surface area (Å²) in [6.45, 7) is 1.65. The summed E-state index contributed by atoms with van der Waals surface area (Å²) in [4.78, 5) is 29.4. The molecule has 0 saturated heterocycles. The van der Waals surface area contributed by atoms with Gasteiger partial charge in [-0.3, -0.25) is 13.9 Å². The van der Waals surface area contributed by atoms with Crippen molar-refractivity contribution in [1.29, 1.82) is 0 Å². The summed E-state index contributed by atoms with van der Waals surface area (Å²) in [6, 6.07) is 25.4. The van der Waals surface area contributed by atoms with Crippen LogP contribution < -0.4 is 9.62 Å². The normalized spacial score (nSPS) is 14.5. The standard InChI is InChI=1S/C31H37N3O4S/c1-24-12-11-19-28(20-24)34(39(2,37)38)23-30(35)33(22-26-15-7-4-8-16-26)29(21-25-13-5-3-6-14-25)31(36)32-27-17-9-10-18-27/h3-8,11-16,19-20,27,29H,9-10,17-18,21-23H2,1-2H3,(H,32,36)/t29-/m1/s1. The van der Waals surface area contributed by atoms with Crippen molar-refractivity contribution in [2.45, 2.75) is 57.7 Å². The molecule has 39 heavy (non-hydrogen) atoms. The summed E-state index contributed by atoms with van der Waals surface area (Å²) in [5.74, 6) is -0.648. The lowest BCUT2D eigenvalue weighted by Crippen LogP contribution is -2.54. The maximum atomic E-state index is 14.1. The number of hydrogen-bond donors (Lipinski definition) is 1. The highest BCUT2D eigenvalue weighted by molar-refractivity contribution is 7.92. The first kappa shape index (κ1) is 28.4. The predicted molar refractivity (Wildman–Crippen MR) is 155 cm³/mol. The molecule has 1 aliphatic carbocycles. The van der Waals surface area contributed by atoms with E-state index in [1.165, 1.54) is 0 Å². The van der Waals surface area contributed by atoms with E-state index in [4.69, 9.17) is 0 Å². The molecule has 1 fully saturated rings. The van der Waals surface area contributed by atoms with Crippen molar-refractivity contribution in [3.63, 3.8) is 0 Å². The van der Waals surface area contributed by atoms with Crippen LogP contribution in [0.1, 0.15) is 42.4 Å². The monoisotopic (exact) mass is 547 g/mol. The van der Waals surface area contributed by atoms with Gasteiger partial charge in [-0.2, -0.15) is 0 Å². The molecule has 8 heteroatoms. The molecule has 0 heterocycles. The summed E-state index contributed by atoms with van der Waals surface area (Å²) in [7, 11) is -3.77. The number of rotatable bonds is 11. The summed E-state index contributed by atoms with van der Waals surface area (Å²) >= 11 is 0. The molecule has 0 bridgehead atoms. The van der Waals surface area contributed by atoms with E-state index in [-0.39, 0.29) is 18.5 Å². The smallest absolute Gasteiger partial charge is 0.244 e. The molecule has 7 nitrogen and oxygen atoms in total. The molecule has 1 N–H and O–H groups in total. The first-order valence-corrected chi connectivity index (χ1v) is 15.3. The molecule has 0 spiro atoms. The molecule has 206 valence electrons. The Balaban J connectivity index is 1.70. The van der Waals surface area contributed by atoms with Gasteiger partial charge in [0.1, 0.15) is 12.6 Å². The van der Waals surface area contributed by atoms with Crippen molar-refractivity contribution in [2.24, 2.45) is 0 Å². The number of anilines is 1. The lowest BCUT2D eigenvalue weighted by atomic mass is 10.0. The summed E-state index contributed by atoms with van der Waals surface area (Å²) in [6.07, 6.45) is 5.40. The zero-order valence-electron chi connectivity index (χ0n) is 22.6. The summed E-state index contributed by atoms with van der Waals surface area (Å²) < 4.78 is 26.8. The van der Waals surface area contributed by atoms with Crippen molar-refractivity contribution < 1.29 is 18.0 Å². The molecule has 1 saturated carbocycles. The van der Waals surface area contributed by atoms with E-state index in [2.05, 4.69) is 5.32 Å². The molecule has 1 aliphatic rings. The van der Waals surface area contributed by atoms with Crippen LogP contribution in [-0.4, -0.2) is 50.0 Å². The van der Waals surface area contributed by atoms with Crippen molar-refractivity contribution >= 4 is 27.5 Å². The Morgan fingerprint density at radius 1 is 0.897 bits per heavy atom. The van der Waals surface area contributed by atoms with Crippen LogP contribution in [0.2, 0.25) is 0 Å². The third kappa shape index (κ3) is 7.93. The summed E-state index contributed by atoms with van der Waals surface area (Å²) in [5, 5.41) is 3.18. The van der Waals surface area contributed by atoms with Crippen molar-refractivity contribution in [1.82, 2.24) is 10.2 Å². The van der Waals surface area contributed by atoms with Crippen LogP contribution in [0.15, 0.2) is 84.9 Å². The number of carbonyl (C=O) groups excluding carboxylic acids is 2. The average molecular weight is 548 g/mol. The Bertz CT molecular complexity index is 1360. The Kier molecular flexibility index (Phi) is 9.41. The Morgan fingerprint density at radius 2 is 1.51 bits per heavy atom. The first-order chi connectivity index (χ1) is 18.7. The van der Waals surface area contributed by atoms with Gasteiger partial charge in [-0.1, -0.05) is 85.6 Å². The maximum Gasteiger partial charge on any atom is 0.244 e. The number of amides is 2. The number of carbonyl (C=O) groups is 2. The molecule has 3 aromatic rings. The number of nitrogens with zero attached hydrogens (tertiary/aromatic N) is 2. The van der Waals surface area contributed by atoms with E-state index in [1.807, 2.05) is 73.7 Å². The molecule has 2 amide bonds. The zero-order chi connectivity index (χ0) is 27.8. The van der Waals surface area contributed by atoms with Crippen LogP contribution >= 0.6 is 0 Å². The van der Waals surface area contributed by atoms with Gasteiger partial charge in [0.2, 0.25) is 21.8 Å². The molecule has 0 unspecified atom stereocenters. The lowest BCUT2D eigenvalue weighted by molar-refractivity contribution is -0.140. The Morgan fingerprint density at radius 3 is 2.10 bits per heavy atom. The van der Waals surface area contributed by atoms with Gasteiger partial charge < -0.3 is 10.2 Å². The van der Waals surface area contributed by atoms with Crippen LogP contribution in [0.5, 0.6) is 0 Å². The fraction of sp³-hybridized carbons (Fsp3) is 0.355. The minimum atomic E-state index is -3.77. The number of hydrogen-bond acceptors (Lipinski definition) is 4. The van der Waals surface area contributed by atoms with Crippen LogP contribution in [0.4, 0.5) is 5.69 Å². The number of nitrogens with one attached hydrogen (secondary N) is 1. The van der Waals surface area contributed by atoms with Crippen LogP contribution in [0.25, 0.3) is 0 Å². The molecule has 0 aliphatic heterocycles. The highest BCUT2D eigenvalue weighted by Crippen LogP contribution is 2.22. The minimum absolute atomic E-state index is 0.0873. The molecule has 1 atom stereocenters. The molecule has 0 radical (unpaired) electrons. The van der Waals surface area contributed by atoms with Gasteiger partial charge in [-0.15, -0.1) is 0 Å². The van der Waals surface area contributed by atoms with Gasteiger partial charge >= 0.3 is 0 Å². The topological polar surface area (TPSA) is 86.8 Å². The van der Waals surface area contributed by atoms with Crippen molar-refractivity contribution in [3.05, 3.63) is 102 Å². The lowest BCUT2D eigenvalue weighted by Gasteiger charge is -2.34. The fourth-order valence-corrected chi connectivity index (χ4v) is 5.94. The predicted octanol–water partition coefficient (Wildman–Crippen LogP) is 4.46. The van der Waals surface area contributed by atoms with Crippen LogP contribution in [0, 0.1) is 6.92 Å². The second-order valence-corrected chi connectivity index (χ2v) is 12.2. The molecule has 3 aromatic carbocycles. The van der Waals surface area contributed by atoms with E-state index in [1.54, 1.807) is 23.1 Å². The van der Waals surface area contributed by atoms with E-state index in [0.29, 0.717) is 12.1 Å². The van der Waals surface area contributed by atoms with Gasteiger partial charge in [-0.05, 0) is 48.6 Å². The highest BCUT2D eigenvalue weighted by atomic mass is 32.2. The molecular formula is C31H37N3O4S. The van der Waals surface area contributed by atoms with E-state index >= 15 is 0 Å². The zero-order valence-corrected chi connectivity index (χ0v) is 23.4. The van der Waals surface area contributed by atoms with Crippen molar-refractivity contribution in [2.75, 3.05) is 17.1 Å². The Hall–Kier alpha value is -3.65. The van der Waals surface area contributed by atoms with Crippen molar-refractivity contribution in [3.8, 4) is 0 Å². The van der Waals surface area contributed by atoms with Gasteiger partial charge in [-0.25, -0.2) is 8.42 Å². The SMILES string of the molecule is Cc1cccc(N(CC(=O)N(Cc2ccccc2)[C@H](Cc2ccccc2)C(=O)NC2CCCC2)S(C)(=O)=O)c1. The molecular weight excluding hydrogens is 510 g/mol. The number of sulfonamides is 1. The van der Waals surface area contributed by atoms with Crippen LogP contribution in [0.3, 0.4) is 0 Å². The Labute approximate surface area is 231 Å². The second kappa shape index (κ2) is 12.9. The molecule has 0 aromatic heterocycles. The van der Waals surface area contributed by atoms with Gasteiger partial charge in [0.25, 0.3) is 0 Å². The third-order valence-corrected chi connectivity index (χ3v) is 8.28. The molecule has 4 rings (SSSR count). The van der Waals surface area contributed by atoms with E-state index in [9.17, 15) is 18.0 Å². The largest absolute Gasteiger partial charge is 0.352 e. The first-order valence-electron chi connectivity index (χ1n) is 13.4. The quantitative estimate of drug-likeness (QED) is 0.384. The van der Waals surface area contributed by atoms with E-state index < -0.39 is 28.5 Å².